The lowest BCUT2D eigenvalue weighted by Crippen LogP contribution is -2.44. The minimum Gasteiger partial charge on any atom is -0.353 e. The van der Waals surface area contributed by atoms with Gasteiger partial charge in [0.2, 0.25) is 11.0 Å². The van der Waals surface area contributed by atoms with Gasteiger partial charge in [-0.15, -0.1) is 10.2 Å². The number of rotatable bonds is 6. The summed E-state index contributed by atoms with van der Waals surface area (Å²) in [6.45, 7) is 4.22. The third-order valence-corrected chi connectivity index (χ3v) is 7.03. The summed E-state index contributed by atoms with van der Waals surface area (Å²) < 4.78 is 0.873. The van der Waals surface area contributed by atoms with Crippen molar-refractivity contribution in [1.82, 2.24) is 15.1 Å². The first kappa shape index (κ1) is 18.5. The molecule has 0 bridgehead atoms. The zero-order valence-corrected chi connectivity index (χ0v) is 16.4. The Hall–Kier alpha value is -0.820. The lowest BCUT2D eigenvalue weighted by molar-refractivity contribution is -0.132. The monoisotopic (exact) mass is 356 g/mol. The molecule has 1 aliphatic rings. The number of aromatic nitrogens is 2. The number of amides is 1. The summed E-state index contributed by atoms with van der Waals surface area (Å²) in [5.41, 5.74) is 0. The Kier molecular flexibility index (Phi) is 6.71. The first-order valence-corrected chi connectivity index (χ1v) is 10.0. The minimum absolute atomic E-state index is 0.0927. The van der Waals surface area contributed by atoms with Crippen molar-refractivity contribution in [2.75, 3.05) is 26.0 Å². The molecule has 130 valence electrons. The third kappa shape index (κ3) is 4.83. The van der Waals surface area contributed by atoms with Crippen LogP contribution in [0.25, 0.3) is 0 Å². The minimum atomic E-state index is -0.0927. The summed E-state index contributed by atoms with van der Waals surface area (Å²) in [6.07, 6.45) is 6.07. The van der Waals surface area contributed by atoms with Gasteiger partial charge in [-0.2, -0.15) is 0 Å². The van der Waals surface area contributed by atoms with Gasteiger partial charge in [-0.25, -0.2) is 0 Å². The SMILES string of the molecule is CC(C)[C@@H](Sc1nnc(N(C)C)s1)C(=O)N(C)C1CCCCC1. The van der Waals surface area contributed by atoms with Gasteiger partial charge in [-0.3, -0.25) is 4.79 Å². The molecule has 0 spiro atoms. The fourth-order valence-electron chi connectivity index (χ4n) is 2.86. The molecule has 7 heteroatoms. The van der Waals surface area contributed by atoms with Gasteiger partial charge >= 0.3 is 0 Å². The van der Waals surface area contributed by atoms with Crippen molar-refractivity contribution in [1.29, 1.82) is 0 Å². The Morgan fingerprint density at radius 3 is 2.35 bits per heavy atom. The van der Waals surface area contributed by atoms with Crippen molar-refractivity contribution in [2.24, 2.45) is 5.92 Å². The van der Waals surface area contributed by atoms with E-state index < -0.39 is 0 Å². The molecule has 0 aromatic carbocycles. The lowest BCUT2D eigenvalue weighted by Gasteiger charge is -2.34. The van der Waals surface area contributed by atoms with Crippen molar-refractivity contribution in [3.05, 3.63) is 0 Å². The summed E-state index contributed by atoms with van der Waals surface area (Å²) in [6, 6.07) is 0.407. The van der Waals surface area contributed by atoms with Crippen LogP contribution in [0.3, 0.4) is 0 Å². The van der Waals surface area contributed by atoms with E-state index in [1.165, 1.54) is 19.3 Å². The van der Waals surface area contributed by atoms with E-state index in [1.807, 2.05) is 30.9 Å². The molecule has 0 unspecified atom stereocenters. The summed E-state index contributed by atoms with van der Waals surface area (Å²) >= 11 is 3.11. The van der Waals surface area contributed by atoms with Crippen LogP contribution < -0.4 is 4.90 Å². The Balaban J connectivity index is 2.05. The van der Waals surface area contributed by atoms with Crippen LogP contribution in [-0.2, 0) is 4.79 Å². The van der Waals surface area contributed by atoms with Gasteiger partial charge in [0.05, 0.1) is 5.25 Å². The quantitative estimate of drug-likeness (QED) is 0.730. The molecule has 23 heavy (non-hydrogen) atoms. The number of nitrogens with zero attached hydrogens (tertiary/aromatic N) is 4. The molecule has 0 radical (unpaired) electrons. The summed E-state index contributed by atoms with van der Waals surface area (Å²) in [4.78, 5) is 16.9. The van der Waals surface area contributed by atoms with E-state index in [4.69, 9.17) is 0 Å². The van der Waals surface area contributed by atoms with Gasteiger partial charge in [0.1, 0.15) is 0 Å². The highest BCUT2D eigenvalue weighted by Gasteiger charge is 2.31. The Bertz CT molecular complexity index is 512. The predicted molar refractivity (Wildman–Crippen MR) is 98.4 cm³/mol. The third-order valence-electron chi connectivity index (χ3n) is 4.33. The fourth-order valence-corrected chi connectivity index (χ4v) is 4.93. The number of carbonyl (C=O) groups is 1. The number of carbonyl (C=O) groups excluding carboxylic acids is 1. The number of thioether (sulfide) groups is 1. The summed E-state index contributed by atoms with van der Waals surface area (Å²) in [5, 5.41) is 9.19. The van der Waals surface area contributed by atoms with Gasteiger partial charge in [-0.05, 0) is 18.8 Å². The summed E-state index contributed by atoms with van der Waals surface area (Å²) in [5.74, 6) is 0.503. The fraction of sp³-hybridized carbons (Fsp3) is 0.812. The second-order valence-corrected chi connectivity index (χ2v) is 9.11. The average molecular weight is 357 g/mol. The molecule has 1 fully saturated rings. The van der Waals surface area contributed by atoms with E-state index >= 15 is 0 Å². The predicted octanol–water partition coefficient (Wildman–Crippen LogP) is 3.51. The van der Waals surface area contributed by atoms with E-state index in [1.54, 1.807) is 23.1 Å². The van der Waals surface area contributed by atoms with Gasteiger partial charge in [-0.1, -0.05) is 56.2 Å². The maximum atomic E-state index is 13.0. The highest BCUT2D eigenvalue weighted by Crippen LogP contribution is 2.34. The van der Waals surface area contributed by atoms with Gasteiger partial charge < -0.3 is 9.80 Å². The Morgan fingerprint density at radius 2 is 1.83 bits per heavy atom. The van der Waals surface area contributed by atoms with Gasteiger partial charge in [0, 0.05) is 27.2 Å². The smallest absolute Gasteiger partial charge is 0.236 e. The van der Waals surface area contributed by atoms with Crippen LogP contribution >= 0.6 is 23.1 Å². The molecule has 1 atom stereocenters. The van der Waals surface area contributed by atoms with E-state index in [0.29, 0.717) is 6.04 Å². The van der Waals surface area contributed by atoms with Gasteiger partial charge in [0.25, 0.3) is 0 Å². The Labute approximate surface area is 147 Å². The molecule has 0 aliphatic heterocycles. The first-order valence-electron chi connectivity index (χ1n) is 8.34. The maximum Gasteiger partial charge on any atom is 0.236 e. The van der Waals surface area contributed by atoms with Crippen LogP contribution in [0.15, 0.2) is 4.34 Å². The zero-order chi connectivity index (χ0) is 17.0. The van der Waals surface area contributed by atoms with Gasteiger partial charge in [0.15, 0.2) is 4.34 Å². The molecular formula is C16H28N4OS2. The normalized spacial score (nSPS) is 17.3. The molecule has 1 amide bonds. The molecule has 5 nitrogen and oxygen atoms in total. The van der Waals surface area contributed by atoms with E-state index in [2.05, 4.69) is 24.0 Å². The van der Waals surface area contributed by atoms with E-state index in [9.17, 15) is 4.79 Å². The largest absolute Gasteiger partial charge is 0.353 e. The average Bonchev–Trinajstić information content (AvgIpc) is 3.01. The van der Waals surface area contributed by atoms with Crippen LogP contribution in [0.5, 0.6) is 0 Å². The number of anilines is 1. The van der Waals surface area contributed by atoms with Crippen molar-refractivity contribution >= 4 is 34.1 Å². The molecule has 1 heterocycles. The molecule has 0 saturated heterocycles. The molecule has 1 aliphatic carbocycles. The second-order valence-electron chi connectivity index (χ2n) is 6.77. The van der Waals surface area contributed by atoms with Crippen molar-refractivity contribution in [3.8, 4) is 0 Å². The number of hydrogen-bond acceptors (Lipinski definition) is 6. The molecule has 1 aromatic rings. The molecular weight excluding hydrogens is 328 g/mol. The van der Waals surface area contributed by atoms with Crippen molar-refractivity contribution in [3.63, 3.8) is 0 Å². The highest BCUT2D eigenvalue weighted by atomic mass is 32.2. The summed E-state index contributed by atoms with van der Waals surface area (Å²) in [7, 11) is 5.88. The highest BCUT2D eigenvalue weighted by molar-refractivity contribution is 8.02. The van der Waals surface area contributed by atoms with Crippen LogP contribution in [0, 0.1) is 5.92 Å². The van der Waals surface area contributed by atoms with E-state index in [-0.39, 0.29) is 17.1 Å². The molecule has 0 N–H and O–H groups in total. The van der Waals surface area contributed by atoms with Crippen LogP contribution in [-0.4, -0.2) is 53.4 Å². The maximum absolute atomic E-state index is 13.0. The van der Waals surface area contributed by atoms with Crippen molar-refractivity contribution in [2.45, 2.75) is 61.6 Å². The second kappa shape index (κ2) is 8.33. The Morgan fingerprint density at radius 1 is 1.17 bits per heavy atom. The van der Waals surface area contributed by atoms with Crippen molar-refractivity contribution < 1.29 is 4.79 Å². The first-order chi connectivity index (χ1) is 10.9. The van der Waals surface area contributed by atoms with Crippen LogP contribution in [0.2, 0.25) is 0 Å². The lowest BCUT2D eigenvalue weighted by atomic mass is 9.94. The molecule has 1 saturated carbocycles. The standard InChI is InChI=1S/C16H28N4OS2/c1-11(2)13(22-16-18-17-15(23-16)19(3)4)14(21)20(5)12-9-7-6-8-10-12/h11-13H,6-10H2,1-5H3/t13-/m1/s1. The van der Waals surface area contributed by atoms with E-state index in [0.717, 1.165) is 22.3 Å². The molecule has 2 rings (SSSR count). The van der Waals surface area contributed by atoms with Crippen LogP contribution in [0.4, 0.5) is 5.13 Å². The zero-order valence-electron chi connectivity index (χ0n) is 14.8. The number of hydrogen-bond donors (Lipinski definition) is 0. The molecule has 1 aromatic heterocycles. The topological polar surface area (TPSA) is 49.3 Å². The van der Waals surface area contributed by atoms with Crippen LogP contribution in [0.1, 0.15) is 46.0 Å².